The first kappa shape index (κ1) is 17.6. The van der Waals surface area contributed by atoms with Gasteiger partial charge in [0.15, 0.2) is 4.34 Å². The molecule has 1 amide bonds. The van der Waals surface area contributed by atoms with Crippen LogP contribution in [-0.4, -0.2) is 40.4 Å². The minimum absolute atomic E-state index is 0.0456. The largest absolute Gasteiger partial charge is 0.435 e. The lowest BCUT2D eigenvalue weighted by Crippen LogP contribution is -2.27. The summed E-state index contributed by atoms with van der Waals surface area (Å²) >= 11 is 2.79. The zero-order valence-electron chi connectivity index (χ0n) is 12.5. The standard InChI is InChI=1S/C14H15F2N3O2S2/c1-9-17-18-14(23-9)22-8-12(20)19(2)7-10-3-5-11(6-4-10)21-13(15)16/h3-6,13H,7-8H2,1-2H3. The van der Waals surface area contributed by atoms with Crippen LogP contribution in [0.1, 0.15) is 10.6 Å². The number of thioether (sulfide) groups is 1. The van der Waals surface area contributed by atoms with E-state index in [0.717, 1.165) is 14.9 Å². The molecule has 124 valence electrons. The molecule has 0 saturated heterocycles. The fraction of sp³-hybridized carbons (Fsp3) is 0.357. The molecule has 2 aromatic rings. The Balaban J connectivity index is 1.82. The van der Waals surface area contributed by atoms with Crippen molar-refractivity contribution in [3.8, 4) is 5.75 Å². The highest BCUT2D eigenvalue weighted by atomic mass is 32.2. The number of nitrogens with zero attached hydrogens (tertiary/aromatic N) is 3. The smallest absolute Gasteiger partial charge is 0.387 e. The molecule has 0 radical (unpaired) electrons. The number of halogens is 2. The minimum Gasteiger partial charge on any atom is -0.435 e. The Morgan fingerprint density at radius 2 is 2.04 bits per heavy atom. The SMILES string of the molecule is Cc1nnc(SCC(=O)N(C)Cc2ccc(OC(F)F)cc2)s1. The van der Waals surface area contributed by atoms with Crippen LogP contribution in [0.2, 0.25) is 0 Å². The van der Waals surface area contributed by atoms with Crippen molar-refractivity contribution in [1.29, 1.82) is 0 Å². The summed E-state index contributed by atoms with van der Waals surface area (Å²) in [6.07, 6.45) is 0. The molecular formula is C14H15F2N3O2S2. The van der Waals surface area contributed by atoms with Gasteiger partial charge in [-0.3, -0.25) is 4.79 Å². The molecule has 0 fully saturated rings. The van der Waals surface area contributed by atoms with Gasteiger partial charge in [-0.2, -0.15) is 8.78 Å². The van der Waals surface area contributed by atoms with Crippen LogP contribution in [0.15, 0.2) is 28.6 Å². The van der Waals surface area contributed by atoms with E-state index >= 15 is 0 Å². The molecule has 2 rings (SSSR count). The normalized spacial score (nSPS) is 10.8. The maximum absolute atomic E-state index is 12.1. The van der Waals surface area contributed by atoms with Crippen molar-refractivity contribution in [2.75, 3.05) is 12.8 Å². The molecule has 0 spiro atoms. The summed E-state index contributed by atoms with van der Waals surface area (Å²) in [6.45, 7) is -0.591. The third-order valence-corrected chi connectivity index (χ3v) is 4.78. The lowest BCUT2D eigenvalue weighted by molar-refractivity contribution is -0.127. The Morgan fingerprint density at radius 1 is 1.35 bits per heavy atom. The highest BCUT2D eigenvalue weighted by Crippen LogP contribution is 2.22. The number of benzene rings is 1. The van der Waals surface area contributed by atoms with E-state index in [0.29, 0.717) is 6.54 Å². The zero-order chi connectivity index (χ0) is 16.8. The second kappa shape index (κ2) is 8.21. The second-order valence-electron chi connectivity index (χ2n) is 4.65. The fourth-order valence-electron chi connectivity index (χ4n) is 1.71. The van der Waals surface area contributed by atoms with Gasteiger partial charge in [0.05, 0.1) is 5.75 Å². The summed E-state index contributed by atoms with van der Waals surface area (Å²) in [5, 5.41) is 8.70. The van der Waals surface area contributed by atoms with Gasteiger partial charge in [-0.05, 0) is 24.6 Å². The first-order valence-corrected chi connectivity index (χ1v) is 8.45. The van der Waals surface area contributed by atoms with Gasteiger partial charge in [0, 0.05) is 13.6 Å². The molecule has 23 heavy (non-hydrogen) atoms. The van der Waals surface area contributed by atoms with Crippen molar-refractivity contribution in [2.24, 2.45) is 0 Å². The summed E-state index contributed by atoms with van der Waals surface area (Å²) in [5.41, 5.74) is 0.833. The van der Waals surface area contributed by atoms with Gasteiger partial charge in [-0.25, -0.2) is 0 Å². The van der Waals surface area contributed by atoms with Crippen molar-refractivity contribution in [2.45, 2.75) is 24.4 Å². The summed E-state index contributed by atoms with van der Waals surface area (Å²) < 4.78 is 29.2. The van der Waals surface area contributed by atoms with Crippen LogP contribution in [0.4, 0.5) is 8.78 Å². The summed E-state index contributed by atoms with van der Waals surface area (Å²) in [4.78, 5) is 13.7. The molecule has 0 N–H and O–H groups in total. The minimum atomic E-state index is -2.84. The maximum Gasteiger partial charge on any atom is 0.387 e. The van der Waals surface area contributed by atoms with E-state index < -0.39 is 6.61 Å². The average Bonchev–Trinajstić information content (AvgIpc) is 2.92. The van der Waals surface area contributed by atoms with Crippen LogP contribution in [0.3, 0.4) is 0 Å². The Hall–Kier alpha value is -1.74. The van der Waals surface area contributed by atoms with E-state index in [2.05, 4.69) is 14.9 Å². The fourth-order valence-corrected chi connectivity index (χ4v) is 3.46. The molecule has 0 aliphatic carbocycles. The molecule has 0 aliphatic rings. The van der Waals surface area contributed by atoms with Crippen LogP contribution in [-0.2, 0) is 11.3 Å². The topological polar surface area (TPSA) is 55.3 Å². The zero-order valence-corrected chi connectivity index (χ0v) is 14.2. The number of alkyl halides is 2. The van der Waals surface area contributed by atoms with E-state index in [1.165, 1.54) is 35.2 Å². The predicted octanol–water partition coefficient (Wildman–Crippen LogP) is 3.20. The summed E-state index contributed by atoms with van der Waals surface area (Å²) in [5.74, 6) is 0.327. The molecule has 1 aromatic heterocycles. The molecular weight excluding hydrogens is 344 g/mol. The van der Waals surface area contributed by atoms with Gasteiger partial charge in [0.1, 0.15) is 10.8 Å². The summed E-state index contributed by atoms with van der Waals surface area (Å²) in [7, 11) is 1.69. The van der Waals surface area contributed by atoms with E-state index in [9.17, 15) is 13.6 Å². The van der Waals surface area contributed by atoms with E-state index in [-0.39, 0.29) is 17.4 Å². The highest BCUT2D eigenvalue weighted by molar-refractivity contribution is 8.01. The lowest BCUT2D eigenvalue weighted by atomic mass is 10.2. The number of hydrogen-bond donors (Lipinski definition) is 0. The van der Waals surface area contributed by atoms with E-state index in [4.69, 9.17) is 0 Å². The highest BCUT2D eigenvalue weighted by Gasteiger charge is 2.12. The molecule has 9 heteroatoms. The molecule has 0 saturated carbocycles. The quantitative estimate of drug-likeness (QED) is 0.711. The van der Waals surface area contributed by atoms with E-state index in [1.54, 1.807) is 24.1 Å². The maximum atomic E-state index is 12.1. The lowest BCUT2D eigenvalue weighted by Gasteiger charge is -2.17. The van der Waals surface area contributed by atoms with Crippen molar-refractivity contribution >= 4 is 29.0 Å². The number of aromatic nitrogens is 2. The Kier molecular flexibility index (Phi) is 6.28. The Morgan fingerprint density at radius 3 is 2.61 bits per heavy atom. The average molecular weight is 359 g/mol. The van der Waals surface area contributed by atoms with Crippen LogP contribution in [0, 0.1) is 6.92 Å². The third-order valence-electron chi connectivity index (χ3n) is 2.82. The number of carbonyl (C=O) groups excluding carboxylic acids is 1. The number of hydrogen-bond acceptors (Lipinski definition) is 6. The Labute approximate surface area is 140 Å². The Bertz CT molecular complexity index is 650. The van der Waals surface area contributed by atoms with Crippen molar-refractivity contribution in [3.05, 3.63) is 34.8 Å². The second-order valence-corrected chi connectivity index (χ2v) is 7.05. The molecule has 1 aromatic carbocycles. The number of aryl methyl sites for hydroxylation is 1. The molecule has 0 bridgehead atoms. The van der Waals surface area contributed by atoms with Gasteiger partial charge >= 0.3 is 6.61 Å². The molecule has 0 unspecified atom stereocenters. The number of rotatable bonds is 7. The first-order chi connectivity index (χ1) is 10.9. The third kappa shape index (κ3) is 5.76. The van der Waals surface area contributed by atoms with Crippen LogP contribution >= 0.6 is 23.1 Å². The van der Waals surface area contributed by atoms with Crippen molar-refractivity contribution in [1.82, 2.24) is 15.1 Å². The molecule has 0 aliphatic heterocycles. The number of carbonyl (C=O) groups is 1. The van der Waals surface area contributed by atoms with Crippen LogP contribution < -0.4 is 4.74 Å². The van der Waals surface area contributed by atoms with Crippen molar-refractivity contribution < 1.29 is 18.3 Å². The molecule has 0 atom stereocenters. The monoisotopic (exact) mass is 359 g/mol. The van der Waals surface area contributed by atoms with Crippen LogP contribution in [0.25, 0.3) is 0 Å². The van der Waals surface area contributed by atoms with Gasteiger partial charge in [-0.15, -0.1) is 10.2 Å². The van der Waals surface area contributed by atoms with Crippen molar-refractivity contribution in [3.63, 3.8) is 0 Å². The predicted molar refractivity (Wildman–Crippen MR) is 84.9 cm³/mol. The summed E-state index contributed by atoms with van der Waals surface area (Å²) in [6, 6.07) is 6.22. The molecule has 5 nitrogen and oxygen atoms in total. The van der Waals surface area contributed by atoms with Gasteiger partial charge in [-0.1, -0.05) is 35.2 Å². The number of ether oxygens (including phenoxy) is 1. The first-order valence-electron chi connectivity index (χ1n) is 6.64. The van der Waals surface area contributed by atoms with Gasteiger partial charge < -0.3 is 9.64 Å². The number of amides is 1. The van der Waals surface area contributed by atoms with Gasteiger partial charge in [0.2, 0.25) is 5.91 Å². The van der Waals surface area contributed by atoms with Gasteiger partial charge in [0.25, 0.3) is 0 Å². The van der Waals surface area contributed by atoms with E-state index in [1.807, 2.05) is 6.92 Å². The molecule has 1 heterocycles. The van der Waals surface area contributed by atoms with Crippen LogP contribution in [0.5, 0.6) is 5.75 Å².